The van der Waals surface area contributed by atoms with E-state index in [4.69, 9.17) is 11.6 Å². The molecule has 1 fully saturated rings. The van der Waals surface area contributed by atoms with Gasteiger partial charge in [-0.05, 0) is 18.2 Å². The summed E-state index contributed by atoms with van der Waals surface area (Å²) in [6, 6.07) is 5.95. The first-order chi connectivity index (χ1) is 12.5. The molecule has 0 spiro atoms. The second-order valence-corrected chi connectivity index (χ2v) is 6.37. The molecular formula is C16H18ClN6O3+. The summed E-state index contributed by atoms with van der Waals surface area (Å²) in [7, 11) is 0. The zero-order chi connectivity index (χ0) is 18.5. The van der Waals surface area contributed by atoms with Gasteiger partial charge in [0.2, 0.25) is 5.95 Å². The number of benzene rings is 1. The fourth-order valence-electron chi connectivity index (χ4n) is 2.84. The van der Waals surface area contributed by atoms with Gasteiger partial charge in [-0.2, -0.15) is 0 Å². The summed E-state index contributed by atoms with van der Waals surface area (Å²) in [5.74, 6) is 0.419. The van der Waals surface area contributed by atoms with Crippen LogP contribution in [-0.2, 0) is 4.79 Å². The maximum atomic E-state index is 12.3. The number of nitro groups is 1. The van der Waals surface area contributed by atoms with E-state index in [1.807, 2.05) is 0 Å². The first-order valence-electron chi connectivity index (χ1n) is 8.12. The van der Waals surface area contributed by atoms with Gasteiger partial charge in [-0.25, -0.2) is 9.97 Å². The van der Waals surface area contributed by atoms with Crippen LogP contribution in [-0.4, -0.2) is 53.5 Å². The summed E-state index contributed by atoms with van der Waals surface area (Å²) in [5.41, 5.74) is -0.0629. The molecule has 0 bridgehead atoms. The van der Waals surface area contributed by atoms with Gasteiger partial charge in [0, 0.05) is 23.5 Å². The molecule has 1 aliphatic rings. The van der Waals surface area contributed by atoms with Crippen molar-refractivity contribution < 1.29 is 14.6 Å². The van der Waals surface area contributed by atoms with Crippen molar-refractivity contribution in [3.8, 4) is 0 Å². The number of anilines is 2. The topological polar surface area (TPSA) is 106 Å². The van der Waals surface area contributed by atoms with Crippen LogP contribution >= 0.6 is 11.6 Å². The van der Waals surface area contributed by atoms with E-state index in [0.29, 0.717) is 5.95 Å². The fraction of sp³-hybridized carbons (Fsp3) is 0.312. The molecule has 26 heavy (non-hydrogen) atoms. The van der Waals surface area contributed by atoms with Gasteiger partial charge < -0.3 is 15.1 Å². The van der Waals surface area contributed by atoms with Gasteiger partial charge in [0.05, 0.1) is 31.1 Å². The number of quaternary nitrogens is 1. The Balaban J connectivity index is 1.54. The largest absolute Gasteiger partial charge is 0.330 e. The van der Waals surface area contributed by atoms with Crippen molar-refractivity contribution in [2.24, 2.45) is 0 Å². The van der Waals surface area contributed by atoms with Crippen LogP contribution in [0.2, 0.25) is 5.02 Å². The molecule has 0 aliphatic carbocycles. The van der Waals surface area contributed by atoms with Crippen molar-refractivity contribution >= 4 is 34.8 Å². The standard InChI is InChI=1S/C16H17ClN6O3/c17-12-2-3-13(14(10-12)23(25)26)20-15(24)11-21-6-8-22(9-7-21)16-18-4-1-5-19-16/h1-5,10H,6-9,11H2,(H,20,24)/p+1. The predicted molar refractivity (Wildman–Crippen MR) is 96.5 cm³/mol. The molecule has 1 aromatic heterocycles. The predicted octanol–water partition coefficient (Wildman–Crippen LogP) is 0.382. The van der Waals surface area contributed by atoms with Crippen LogP contribution in [0.4, 0.5) is 17.3 Å². The number of carbonyl (C=O) groups excluding carboxylic acids is 1. The number of nitro benzene ring substituents is 1. The maximum Gasteiger partial charge on any atom is 0.294 e. The summed E-state index contributed by atoms with van der Waals surface area (Å²) in [6.07, 6.45) is 3.40. The molecule has 3 rings (SSSR count). The van der Waals surface area contributed by atoms with E-state index in [-0.39, 0.29) is 28.8 Å². The average Bonchev–Trinajstić information content (AvgIpc) is 2.64. The highest BCUT2D eigenvalue weighted by molar-refractivity contribution is 6.31. The molecule has 2 aromatic rings. The number of amides is 1. The third kappa shape index (κ3) is 4.44. The van der Waals surface area contributed by atoms with Gasteiger partial charge in [-0.1, -0.05) is 11.6 Å². The Labute approximate surface area is 154 Å². The van der Waals surface area contributed by atoms with Crippen molar-refractivity contribution in [3.05, 3.63) is 51.8 Å². The number of halogens is 1. The molecule has 2 heterocycles. The average molecular weight is 378 g/mol. The van der Waals surface area contributed by atoms with Gasteiger partial charge in [-0.15, -0.1) is 0 Å². The first kappa shape index (κ1) is 18.0. The van der Waals surface area contributed by atoms with Gasteiger partial charge in [-0.3, -0.25) is 14.9 Å². The second kappa shape index (κ2) is 8.07. The summed E-state index contributed by atoms with van der Waals surface area (Å²) >= 11 is 5.78. The number of nitrogens with zero attached hydrogens (tertiary/aromatic N) is 4. The molecule has 0 unspecified atom stereocenters. The molecule has 136 valence electrons. The van der Waals surface area contributed by atoms with Crippen LogP contribution in [0, 0.1) is 10.1 Å². The first-order valence-corrected chi connectivity index (χ1v) is 8.50. The lowest BCUT2D eigenvalue weighted by Crippen LogP contribution is -3.15. The normalized spacial score (nSPS) is 14.9. The van der Waals surface area contributed by atoms with E-state index < -0.39 is 4.92 Å². The molecule has 1 saturated heterocycles. The quantitative estimate of drug-likeness (QED) is 0.576. The Hall–Kier alpha value is -2.78. The van der Waals surface area contributed by atoms with E-state index in [1.165, 1.54) is 18.2 Å². The number of carbonyl (C=O) groups is 1. The SMILES string of the molecule is O=C(C[NH+]1CCN(c2ncccn2)CC1)Nc1ccc(Cl)cc1[N+](=O)[O-]. The molecule has 1 amide bonds. The Morgan fingerprint density at radius 3 is 2.65 bits per heavy atom. The van der Waals surface area contributed by atoms with E-state index in [1.54, 1.807) is 18.5 Å². The lowest BCUT2D eigenvalue weighted by atomic mass is 10.2. The van der Waals surface area contributed by atoms with Crippen molar-refractivity contribution in [3.63, 3.8) is 0 Å². The molecule has 0 atom stereocenters. The van der Waals surface area contributed by atoms with Crippen LogP contribution < -0.4 is 15.1 Å². The Bertz CT molecular complexity index is 796. The molecule has 2 N–H and O–H groups in total. The van der Waals surface area contributed by atoms with Gasteiger partial charge >= 0.3 is 0 Å². The fourth-order valence-corrected chi connectivity index (χ4v) is 3.00. The third-order valence-corrected chi connectivity index (χ3v) is 4.38. The molecule has 0 radical (unpaired) electrons. The highest BCUT2D eigenvalue weighted by atomic mass is 35.5. The number of piperazine rings is 1. The van der Waals surface area contributed by atoms with Crippen LogP contribution in [0.25, 0.3) is 0 Å². The van der Waals surface area contributed by atoms with E-state index in [9.17, 15) is 14.9 Å². The third-order valence-electron chi connectivity index (χ3n) is 4.15. The van der Waals surface area contributed by atoms with E-state index in [2.05, 4.69) is 20.2 Å². The highest BCUT2D eigenvalue weighted by Gasteiger charge is 2.24. The van der Waals surface area contributed by atoms with E-state index >= 15 is 0 Å². The molecule has 9 nitrogen and oxygen atoms in total. The number of hydrogen-bond acceptors (Lipinski definition) is 6. The minimum Gasteiger partial charge on any atom is -0.330 e. The molecule has 10 heteroatoms. The molecule has 1 aromatic carbocycles. The Morgan fingerprint density at radius 2 is 2.00 bits per heavy atom. The minimum atomic E-state index is -0.563. The van der Waals surface area contributed by atoms with Gasteiger partial charge in [0.15, 0.2) is 6.54 Å². The number of aromatic nitrogens is 2. The van der Waals surface area contributed by atoms with Crippen molar-refractivity contribution in [2.45, 2.75) is 0 Å². The van der Waals surface area contributed by atoms with Crippen molar-refractivity contribution in [2.75, 3.05) is 42.9 Å². The molecule has 0 saturated carbocycles. The van der Waals surface area contributed by atoms with E-state index in [0.717, 1.165) is 31.1 Å². The summed E-state index contributed by atoms with van der Waals surface area (Å²) < 4.78 is 0. The van der Waals surface area contributed by atoms with Crippen LogP contribution in [0.3, 0.4) is 0 Å². The minimum absolute atomic E-state index is 0.153. The highest BCUT2D eigenvalue weighted by Crippen LogP contribution is 2.27. The molecule has 1 aliphatic heterocycles. The Morgan fingerprint density at radius 1 is 1.31 bits per heavy atom. The van der Waals surface area contributed by atoms with Crippen molar-refractivity contribution in [1.29, 1.82) is 0 Å². The maximum absolute atomic E-state index is 12.3. The number of nitrogens with one attached hydrogen (secondary N) is 2. The monoisotopic (exact) mass is 377 g/mol. The lowest BCUT2D eigenvalue weighted by Gasteiger charge is -2.31. The Kier molecular flexibility index (Phi) is 5.59. The zero-order valence-electron chi connectivity index (χ0n) is 13.9. The van der Waals surface area contributed by atoms with Crippen LogP contribution in [0.15, 0.2) is 36.7 Å². The van der Waals surface area contributed by atoms with Crippen LogP contribution in [0.1, 0.15) is 0 Å². The second-order valence-electron chi connectivity index (χ2n) is 5.93. The summed E-state index contributed by atoms with van der Waals surface area (Å²) in [6.45, 7) is 3.24. The summed E-state index contributed by atoms with van der Waals surface area (Å²) in [4.78, 5) is 34.4. The smallest absolute Gasteiger partial charge is 0.294 e. The van der Waals surface area contributed by atoms with Crippen molar-refractivity contribution in [1.82, 2.24) is 9.97 Å². The molecular weight excluding hydrogens is 360 g/mol. The van der Waals surface area contributed by atoms with Gasteiger partial charge in [0.25, 0.3) is 11.6 Å². The van der Waals surface area contributed by atoms with Gasteiger partial charge in [0.1, 0.15) is 5.69 Å². The lowest BCUT2D eigenvalue weighted by molar-refractivity contribution is -0.892. The number of hydrogen-bond donors (Lipinski definition) is 2. The summed E-state index contributed by atoms with van der Waals surface area (Å²) in [5, 5.41) is 13.9. The number of rotatable bonds is 5. The van der Waals surface area contributed by atoms with Crippen LogP contribution in [0.5, 0.6) is 0 Å². The zero-order valence-corrected chi connectivity index (χ0v) is 14.6.